The second kappa shape index (κ2) is 7.38. The van der Waals surface area contributed by atoms with E-state index in [1.165, 1.54) is 0 Å². The highest BCUT2D eigenvalue weighted by Gasteiger charge is 2.36. The molecule has 142 valence electrons. The first kappa shape index (κ1) is 18.9. The van der Waals surface area contributed by atoms with Crippen molar-refractivity contribution in [2.24, 2.45) is 12.8 Å². The summed E-state index contributed by atoms with van der Waals surface area (Å²) in [6, 6.07) is 1.57. The number of nitrogens with zero attached hydrogens (tertiary/aromatic N) is 4. The number of hydrogen-bond acceptors (Lipinski definition) is 6. The van der Waals surface area contributed by atoms with Gasteiger partial charge in [-0.05, 0) is 27.2 Å². The van der Waals surface area contributed by atoms with E-state index in [0.29, 0.717) is 41.8 Å². The second-order valence-corrected chi connectivity index (χ2v) is 7.53. The minimum absolute atomic E-state index is 0.00760. The van der Waals surface area contributed by atoms with Crippen LogP contribution >= 0.6 is 11.6 Å². The third-order valence-corrected chi connectivity index (χ3v) is 4.94. The maximum Gasteiger partial charge on any atom is 0.237 e. The number of halogens is 1. The predicted molar refractivity (Wildman–Crippen MR) is 98.5 cm³/mol. The van der Waals surface area contributed by atoms with Crippen LogP contribution in [0.1, 0.15) is 31.6 Å². The molecule has 9 heteroatoms. The van der Waals surface area contributed by atoms with E-state index in [1.807, 2.05) is 26.8 Å². The number of rotatable bonds is 5. The normalized spacial score (nSPS) is 20.9. The Hall–Kier alpha value is -1.90. The van der Waals surface area contributed by atoms with Gasteiger partial charge in [-0.1, -0.05) is 16.8 Å². The van der Waals surface area contributed by atoms with Crippen molar-refractivity contribution in [2.75, 3.05) is 6.54 Å². The summed E-state index contributed by atoms with van der Waals surface area (Å²) in [6.07, 6.45) is 0.620. The molecule has 3 heterocycles. The van der Waals surface area contributed by atoms with Gasteiger partial charge in [-0.2, -0.15) is 5.10 Å². The Balaban J connectivity index is 1.89. The SMILES string of the molecule is Cc1cc(-c2nn(C)c(Cl)c2CN2C[C@@H](N)C[C@H]2C(=O)NC(C)C)no1. The van der Waals surface area contributed by atoms with Crippen molar-refractivity contribution in [3.63, 3.8) is 0 Å². The summed E-state index contributed by atoms with van der Waals surface area (Å²) in [5.74, 6) is 0.692. The zero-order valence-electron chi connectivity index (χ0n) is 15.5. The largest absolute Gasteiger partial charge is 0.361 e. The zero-order valence-corrected chi connectivity index (χ0v) is 16.2. The number of carbonyl (C=O) groups excluding carboxylic acids is 1. The Morgan fingerprint density at radius 3 is 2.88 bits per heavy atom. The molecule has 0 bridgehead atoms. The number of aryl methyl sites for hydroxylation is 2. The van der Waals surface area contributed by atoms with Crippen molar-refractivity contribution < 1.29 is 9.32 Å². The minimum atomic E-state index is -0.282. The molecule has 2 aromatic heterocycles. The molecule has 0 aliphatic carbocycles. The standard InChI is InChI=1S/C17H25ClN6O2/c1-9(2)20-17(25)14-6-11(19)7-24(14)8-12-15(21-23(4)16(12)18)13-5-10(3)26-22-13/h5,9,11,14H,6-8,19H2,1-4H3,(H,20,25)/t11-,14-/m0/s1. The summed E-state index contributed by atoms with van der Waals surface area (Å²) in [5.41, 5.74) is 8.25. The van der Waals surface area contributed by atoms with Crippen molar-refractivity contribution in [3.8, 4) is 11.4 Å². The van der Waals surface area contributed by atoms with Gasteiger partial charge in [0, 0.05) is 43.9 Å². The van der Waals surface area contributed by atoms with Gasteiger partial charge in [0.2, 0.25) is 5.91 Å². The molecule has 0 spiro atoms. The van der Waals surface area contributed by atoms with Crippen LogP contribution in [0.5, 0.6) is 0 Å². The maximum atomic E-state index is 12.6. The van der Waals surface area contributed by atoms with Gasteiger partial charge in [0.25, 0.3) is 0 Å². The van der Waals surface area contributed by atoms with Crippen LogP contribution in [0.4, 0.5) is 0 Å². The molecule has 0 unspecified atom stereocenters. The average Bonchev–Trinajstić information content (AvgIpc) is 3.21. The number of nitrogens with one attached hydrogen (secondary N) is 1. The molecule has 1 saturated heterocycles. The van der Waals surface area contributed by atoms with Gasteiger partial charge >= 0.3 is 0 Å². The van der Waals surface area contributed by atoms with Crippen LogP contribution in [0.25, 0.3) is 11.4 Å². The first-order valence-electron chi connectivity index (χ1n) is 8.71. The third-order valence-electron chi connectivity index (χ3n) is 4.47. The van der Waals surface area contributed by atoms with Gasteiger partial charge in [-0.15, -0.1) is 0 Å². The molecule has 1 aliphatic rings. The van der Waals surface area contributed by atoms with Crippen molar-refractivity contribution >= 4 is 17.5 Å². The quantitative estimate of drug-likeness (QED) is 0.814. The number of amides is 1. The summed E-state index contributed by atoms with van der Waals surface area (Å²) in [5, 5.41) is 12.0. The highest BCUT2D eigenvalue weighted by molar-refractivity contribution is 6.30. The van der Waals surface area contributed by atoms with E-state index < -0.39 is 0 Å². The van der Waals surface area contributed by atoms with Crippen LogP contribution in [0.3, 0.4) is 0 Å². The predicted octanol–water partition coefficient (Wildman–Crippen LogP) is 1.46. The molecule has 2 aromatic rings. The summed E-state index contributed by atoms with van der Waals surface area (Å²) < 4.78 is 6.78. The van der Waals surface area contributed by atoms with Gasteiger partial charge in [0.15, 0.2) is 0 Å². The Morgan fingerprint density at radius 1 is 1.54 bits per heavy atom. The van der Waals surface area contributed by atoms with Crippen molar-refractivity contribution in [1.29, 1.82) is 0 Å². The molecule has 0 aromatic carbocycles. The van der Waals surface area contributed by atoms with Gasteiger partial charge < -0.3 is 15.6 Å². The molecule has 1 aliphatic heterocycles. The van der Waals surface area contributed by atoms with Crippen LogP contribution in [0.15, 0.2) is 10.6 Å². The van der Waals surface area contributed by atoms with E-state index >= 15 is 0 Å². The van der Waals surface area contributed by atoms with E-state index in [9.17, 15) is 4.79 Å². The molecule has 1 amide bonds. The number of likely N-dealkylation sites (tertiary alicyclic amines) is 1. The van der Waals surface area contributed by atoms with Gasteiger partial charge in [0.1, 0.15) is 22.3 Å². The highest BCUT2D eigenvalue weighted by Crippen LogP contribution is 2.31. The average molecular weight is 381 g/mol. The Bertz CT molecular complexity index is 799. The fourth-order valence-corrected chi connectivity index (χ4v) is 3.53. The summed E-state index contributed by atoms with van der Waals surface area (Å²) in [7, 11) is 1.78. The zero-order chi connectivity index (χ0) is 19.0. The van der Waals surface area contributed by atoms with Crippen LogP contribution in [0, 0.1) is 6.92 Å². The van der Waals surface area contributed by atoms with Gasteiger partial charge in [-0.3, -0.25) is 14.4 Å². The third kappa shape index (κ3) is 3.77. The van der Waals surface area contributed by atoms with Gasteiger partial charge in [-0.25, -0.2) is 0 Å². The lowest BCUT2D eigenvalue weighted by atomic mass is 10.1. The maximum absolute atomic E-state index is 12.6. The number of nitrogens with two attached hydrogens (primary N) is 1. The fourth-order valence-electron chi connectivity index (χ4n) is 3.34. The van der Waals surface area contributed by atoms with E-state index in [1.54, 1.807) is 11.7 Å². The van der Waals surface area contributed by atoms with Crippen LogP contribution in [-0.2, 0) is 18.4 Å². The minimum Gasteiger partial charge on any atom is -0.361 e. The Kier molecular flexibility index (Phi) is 5.36. The smallest absolute Gasteiger partial charge is 0.237 e. The molecule has 3 rings (SSSR count). The monoisotopic (exact) mass is 380 g/mol. The lowest BCUT2D eigenvalue weighted by Gasteiger charge is -2.24. The lowest BCUT2D eigenvalue weighted by Crippen LogP contribution is -2.45. The molecule has 0 saturated carbocycles. The fraction of sp³-hybridized carbons (Fsp3) is 0.588. The molecule has 1 fully saturated rings. The number of carbonyl (C=O) groups is 1. The Morgan fingerprint density at radius 2 is 2.27 bits per heavy atom. The Labute approximate surface area is 157 Å². The lowest BCUT2D eigenvalue weighted by molar-refractivity contribution is -0.126. The summed E-state index contributed by atoms with van der Waals surface area (Å²) in [4.78, 5) is 14.6. The molecule has 8 nitrogen and oxygen atoms in total. The summed E-state index contributed by atoms with van der Waals surface area (Å²) in [6.45, 7) is 6.81. The molecule has 2 atom stereocenters. The molecule has 3 N–H and O–H groups in total. The van der Waals surface area contributed by atoms with Crippen molar-refractivity contribution in [3.05, 3.63) is 22.5 Å². The van der Waals surface area contributed by atoms with Crippen LogP contribution in [0.2, 0.25) is 5.15 Å². The first-order valence-corrected chi connectivity index (χ1v) is 9.09. The number of hydrogen-bond donors (Lipinski definition) is 2. The highest BCUT2D eigenvalue weighted by atomic mass is 35.5. The molecule has 26 heavy (non-hydrogen) atoms. The van der Waals surface area contributed by atoms with E-state index in [2.05, 4.69) is 20.5 Å². The number of aromatic nitrogens is 3. The van der Waals surface area contributed by atoms with Crippen LogP contribution in [-0.4, -0.2) is 50.4 Å². The molecule has 0 radical (unpaired) electrons. The van der Waals surface area contributed by atoms with Crippen LogP contribution < -0.4 is 11.1 Å². The van der Waals surface area contributed by atoms with E-state index in [-0.39, 0.29) is 24.0 Å². The molecular formula is C17H25ClN6O2. The van der Waals surface area contributed by atoms with E-state index in [0.717, 1.165) is 5.56 Å². The van der Waals surface area contributed by atoms with Crippen molar-refractivity contribution in [1.82, 2.24) is 25.2 Å². The summed E-state index contributed by atoms with van der Waals surface area (Å²) >= 11 is 6.48. The second-order valence-electron chi connectivity index (χ2n) is 7.17. The van der Waals surface area contributed by atoms with Crippen molar-refractivity contribution in [2.45, 2.75) is 51.9 Å². The topological polar surface area (TPSA) is 102 Å². The van der Waals surface area contributed by atoms with Gasteiger partial charge in [0.05, 0.1) is 6.04 Å². The molecular weight excluding hydrogens is 356 g/mol. The first-order chi connectivity index (χ1) is 12.3. The van der Waals surface area contributed by atoms with E-state index in [4.69, 9.17) is 21.9 Å².